The van der Waals surface area contributed by atoms with Gasteiger partial charge in [0.05, 0.1) is 16.7 Å². The summed E-state index contributed by atoms with van der Waals surface area (Å²) in [6.07, 6.45) is 20.9. The van der Waals surface area contributed by atoms with E-state index < -0.39 is 5.66 Å². The van der Waals surface area contributed by atoms with Gasteiger partial charge in [0, 0.05) is 30.4 Å². The summed E-state index contributed by atoms with van der Waals surface area (Å²) in [7, 11) is 4.03. The SMILES string of the molecule is C#C.C=C/C=C(\C=C/CNc1nc2ccc(Oc3ccnc(/C=C\C=C/P)c3)cc2[nH]1)C(F)(F)P. The van der Waals surface area contributed by atoms with E-state index in [2.05, 4.69) is 48.9 Å². The number of H-pyrrole nitrogens is 1. The second-order valence-corrected chi connectivity index (χ2v) is 7.90. The molecule has 2 heterocycles. The number of aromatic nitrogens is 3. The number of fused-ring (bicyclic) bond motifs is 1. The Bertz CT molecular complexity index is 1270. The highest BCUT2D eigenvalue weighted by atomic mass is 31.0. The number of pyridine rings is 1. The molecule has 180 valence electrons. The molecule has 9 heteroatoms. The summed E-state index contributed by atoms with van der Waals surface area (Å²) in [5.74, 6) is 3.69. The van der Waals surface area contributed by atoms with Crippen molar-refractivity contribution in [3.63, 3.8) is 0 Å². The third-order valence-electron chi connectivity index (χ3n) is 4.30. The highest BCUT2D eigenvalue weighted by Gasteiger charge is 2.24. The van der Waals surface area contributed by atoms with Crippen molar-refractivity contribution in [1.29, 1.82) is 0 Å². The molecule has 2 N–H and O–H groups in total. The van der Waals surface area contributed by atoms with Crippen LogP contribution in [0.15, 0.2) is 91.0 Å². The van der Waals surface area contributed by atoms with E-state index in [4.69, 9.17) is 4.74 Å². The van der Waals surface area contributed by atoms with Gasteiger partial charge in [-0.15, -0.1) is 22.1 Å². The van der Waals surface area contributed by atoms with Crippen LogP contribution < -0.4 is 10.1 Å². The summed E-state index contributed by atoms with van der Waals surface area (Å²) >= 11 is 0. The quantitative estimate of drug-likeness (QED) is 0.176. The first-order chi connectivity index (χ1) is 16.9. The number of nitrogens with zero attached hydrogens (tertiary/aromatic N) is 2. The van der Waals surface area contributed by atoms with Gasteiger partial charge in [0.25, 0.3) is 5.66 Å². The predicted molar refractivity (Wildman–Crippen MR) is 149 cm³/mol. The highest BCUT2D eigenvalue weighted by Crippen LogP contribution is 2.32. The average Bonchev–Trinajstić information content (AvgIpc) is 3.24. The number of allylic oxidation sites excluding steroid dienone is 6. The van der Waals surface area contributed by atoms with Gasteiger partial charge < -0.3 is 15.0 Å². The van der Waals surface area contributed by atoms with Crippen LogP contribution in [0.25, 0.3) is 17.1 Å². The van der Waals surface area contributed by atoms with E-state index in [9.17, 15) is 8.78 Å². The summed E-state index contributed by atoms with van der Waals surface area (Å²) in [6, 6.07) is 9.14. The Labute approximate surface area is 208 Å². The van der Waals surface area contributed by atoms with Crippen LogP contribution in [-0.2, 0) is 0 Å². The lowest BCUT2D eigenvalue weighted by molar-refractivity contribution is 0.151. The summed E-state index contributed by atoms with van der Waals surface area (Å²) in [4.78, 5) is 11.9. The third-order valence-corrected chi connectivity index (χ3v) is 4.85. The predicted octanol–water partition coefficient (Wildman–Crippen LogP) is 6.95. The first kappa shape index (κ1) is 27.7. The number of nitrogens with one attached hydrogen (secondary N) is 2. The zero-order chi connectivity index (χ0) is 25.7. The molecule has 1 aromatic carbocycles. The number of benzene rings is 1. The number of halogens is 2. The van der Waals surface area contributed by atoms with Crippen molar-refractivity contribution in [2.24, 2.45) is 0 Å². The van der Waals surface area contributed by atoms with Crippen LogP contribution in [-0.4, -0.2) is 27.2 Å². The van der Waals surface area contributed by atoms with Gasteiger partial charge in [0.15, 0.2) is 0 Å². The van der Waals surface area contributed by atoms with E-state index in [-0.39, 0.29) is 5.57 Å². The number of imidazole rings is 1. The second kappa shape index (κ2) is 14.0. The lowest BCUT2D eigenvalue weighted by atomic mass is 10.2. The Balaban J connectivity index is 0.00000210. The van der Waals surface area contributed by atoms with E-state index in [1.54, 1.807) is 18.3 Å². The van der Waals surface area contributed by atoms with Crippen LogP contribution in [0.4, 0.5) is 14.7 Å². The van der Waals surface area contributed by atoms with Crippen molar-refractivity contribution in [3.05, 3.63) is 96.6 Å². The van der Waals surface area contributed by atoms with Gasteiger partial charge in [-0.1, -0.05) is 58.1 Å². The molecule has 5 nitrogen and oxygen atoms in total. The molecule has 0 bridgehead atoms. The second-order valence-electron chi connectivity index (χ2n) is 6.79. The maximum absolute atomic E-state index is 13.5. The normalized spacial score (nSPS) is 12.2. The van der Waals surface area contributed by atoms with Crippen molar-refractivity contribution in [3.8, 4) is 24.3 Å². The first-order valence-corrected chi connectivity index (χ1v) is 11.6. The van der Waals surface area contributed by atoms with Gasteiger partial charge in [-0.25, -0.2) is 4.98 Å². The maximum Gasteiger partial charge on any atom is 0.283 e. The molecule has 0 aliphatic heterocycles. The van der Waals surface area contributed by atoms with Crippen LogP contribution >= 0.6 is 18.5 Å². The largest absolute Gasteiger partial charge is 0.457 e. The van der Waals surface area contributed by atoms with Gasteiger partial charge in [-0.05, 0) is 24.3 Å². The van der Waals surface area contributed by atoms with Crippen molar-refractivity contribution >= 4 is 41.5 Å². The van der Waals surface area contributed by atoms with Gasteiger partial charge in [-0.2, -0.15) is 8.78 Å². The number of anilines is 1. The number of hydrogen-bond acceptors (Lipinski definition) is 4. The minimum Gasteiger partial charge on any atom is -0.457 e. The van der Waals surface area contributed by atoms with E-state index >= 15 is 0 Å². The lowest BCUT2D eigenvalue weighted by Gasteiger charge is -2.10. The standard InChI is InChI=1S/C24H24F2N4OP2.C2H2/c1-2-6-17(24(25,26)33)7-5-12-28-23-29-21-10-9-19(16-22(21)30-23)31-20-11-13-27-18(15-20)8-3-4-14-32;1-2/h2-11,13-16H,1,12,32-33H2,(H2,28,29,30);1-2H/b7-5-,8-3-,14-4-,17-6+;. The number of hydrogen-bond donors (Lipinski definition) is 2. The molecular formula is C26H26F2N4OP2. The molecule has 0 amide bonds. The van der Waals surface area contributed by atoms with Gasteiger partial charge in [-0.3, -0.25) is 4.98 Å². The number of aromatic amines is 1. The third kappa shape index (κ3) is 8.94. The van der Waals surface area contributed by atoms with E-state index in [0.29, 0.717) is 24.0 Å². The Morgan fingerprint density at radius 3 is 2.69 bits per heavy atom. The molecule has 0 fully saturated rings. The summed E-state index contributed by atoms with van der Waals surface area (Å²) in [5, 5.41) is 3.06. The Hall–Kier alpha value is -3.58. The Kier molecular flexibility index (Phi) is 11.0. The Morgan fingerprint density at radius 1 is 1.20 bits per heavy atom. The molecule has 2 unspecified atom stereocenters. The molecular weight excluding hydrogens is 484 g/mol. The van der Waals surface area contributed by atoms with E-state index in [0.717, 1.165) is 16.7 Å². The molecule has 2 atom stereocenters. The molecule has 0 saturated heterocycles. The zero-order valence-corrected chi connectivity index (χ0v) is 21.2. The molecule has 35 heavy (non-hydrogen) atoms. The molecule has 0 aliphatic carbocycles. The summed E-state index contributed by atoms with van der Waals surface area (Å²) in [5.41, 5.74) is -0.852. The maximum atomic E-state index is 13.5. The Morgan fingerprint density at radius 2 is 1.97 bits per heavy atom. The number of rotatable bonds is 10. The zero-order valence-electron chi connectivity index (χ0n) is 18.9. The van der Waals surface area contributed by atoms with Crippen LogP contribution in [0.1, 0.15) is 5.69 Å². The smallest absolute Gasteiger partial charge is 0.283 e. The topological polar surface area (TPSA) is 62.8 Å². The molecule has 0 aliphatic rings. The summed E-state index contributed by atoms with van der Waals surface area (Å²) < 4.78 is 32.9. The van der Waals surface area contributed by atoms with Crippen LogP contribution in [0.3, 0.4) is 0 Å². The van der Waals surface area contributed by atoms with Crippen molar-refractivity contribution in [2.45, 2.75) is 5.66 Å². The molecule has 3 aromatic rings. The van der Waals surface area contributed by atoms with Crippen LogP contribution in [0.2, 0.25) is 0 Å². The fourth-order valence-corrected chi connectivity index (χ4v) is 3.14. The molecule has 2 aromatic heterocycles. The molecule has 0 spiro atoms. The van der Waals surface area contributed by atoms with Crippen LogP contribution in [0, 0.1) is 12.8 Å². The van der Waals surface area contributed by atoms with Gasteiger partial charge in [0.1, 0.15) is 11.5 Å². The minimum absolute atomic E-state index is 0.147. The van der Waals surface area contributed by atoms with Crippen molar-refractivity contribution < 1.29 is 13.5 Å². The minimum atomic E-state index is -3.02. The molecule has 3 rings (SSSR count). The monoisotopic (exact) mass is 510 g/mol. The van der Waals surface area contributed by atoms with Crippen molar-refractivity contribution in [1.82, 2.24) is 15.0 Å². The number of alkyl halides is 2. The molecule has 0 radical (unpaired) electrons. The highest BCUT2D eigenvalue weighted by molar-refractivity contribution is 7.20. The lowest BCUT2D eigenvalue weighted by Crippen LogP contribution is -2.08. The van der Waals surface area contributed by atoms with Gasteiger partial charge >= 0.3 is 0 Å². The fourth-order valence-electron chi connectivity index (χ4n) is 2.82. The first-order valence-electron chi connectivity index (χ1n) is 10.3. The van der Waals surface area contributed by atoms with E-state index in [1.165, 1.54) is 27.5 Å². The molecule has 0 saturated carbocycles. The van der Waals surface area contributed by atoms with Crippen molar-refractivity contribution in [2.75, 3.05) is 11.9 Å². The van der Waals surface area contributed by atoms with Gasteiger partial charge in [0.2, 0.25) is 5.95 Å². The van der Waals surface area contributed by atoms with Crippen LogP contribution in [0.5, 0.6) is 11.5 Å². The number of ether oxygens (including phenoxy) is 1. The van der Waals surface area contributed by atoms with E-state index in [1.807, 2.05) is 48.3 Å². The fraction of sp³-hybridized carbons (Fsp3) is 0.0769. The summed E-state index contributed by atoms with van der Waals surface area (Å²) in [6.45, 7) is 3.78. The number of terminal acetylenes is 1. The average molecular weight is 510 g/mol.